The summed E-state index contributed by atoms with van der Waals surface area (Å²) in [6, 6.07) is 9.30. The molecular weight excluding hydrogens is 459 g/mol. The maximum absolute atomic E-state index is 13.7. The summed E-state index contributed by atoms with van der Waals surface area (Å²) in [6.45, 7) is 7.18. The van der Waals surface area contributed by atoms with Crippen molar-refractivity contribution in [1.29, 1.82) is 0 Å². The smallest absolute Gasteiger partial charge is 0.382 e. The molecule has 0 radical (unpaired) electrons. The summed E-state index contributed by atoms with van der Waals surface area (Å²) >= 11 is 1.47. The van der Waals surface area contributed by atoms with Crippen molar-refractivity contribution < 1.29 is 13.2 Å². The van der Waals surface area contributed by atoms with E-state index in [0.29, 0.717) is 23.5 Å². The third-order valence-electron chi connectivity index (χ3n) is 7.06. The zero-order chi connectivity index (χ0) is 23.7. The Bertz CT molecular complexity index is 1010. The molecule has 0 saturated carbocycles. The van der Waals surface area contributed by atoms with Crippen molar-refractivity contribution in [3.8, 4) is 0 Å². The molecule has 9 heteroatoms. The van der Waals surface area contributed by atoms with E-state index in [2.05, 4.69) is 38.6 Å². The molecule has 2 saturated heterocycles. The number of hydrogen-bond donors (Lipinski definition) is 3. The van der Waals surface area contributed by atoms with Crippen molar-refractivity contribution in [2.24, 2.45) is 5.73 Å². The average Bonchev–Trinajstić information content (AvgIpc) is 2.83. The topological polar surface area (TPSA) is 56.6 Å². The number of anilines is 2. The second-order valence-electron chi connectivity index (χ2n) is 9.36. The lowest BCUT2D eigenvalue weighted by Gasteiger charge is -2.36. The van der Waals surface area contributed by atoms with Gasteiger partial charge in [-0.2, -0.15) is 13.2 Å². The van der Waals surface area contributed by atoms with Gasteiger partial charge in [0.05, 0.1) is 5.56 Å². The van der Waals surface area contributed by atoms with Crippen molar-refractivity contribution in [2.75, 3.05) is 62.6 Å². The van der Waals surface area contributed by atoms with Gasteiger partial charge in [-0.25, -0.2) is 0 Å². The summed E-state index contributed by atoms with van der Waals surface area (Å²) in [5, 5.41) is 6.77. The Hall–Kier alpha value is -1.94. The van der Waals surface area contributed by atoms with Gasteiger partial charge in [0, 0.05) is 72.9 Å². The van der Waals surface area contributed by atoms with Gasteiger partial charge in [-0.3, -0.25) is 4.90 Å². The molecule has 2 aromatic rings. The molecule has 184 valence electrons. The fourth-order valence-corrected chi connectivity index (χ4v) is 6.28. The lowest BCUT2D eigenvalue weighted by Crippen LogP contribution is -2.47. The minimum absolute atomic E-state index is 0.195. The summed E-state index contributed by atoms with van der Waals surface area (Å²) in [6.07, 6.45) is -1.90. The van der Waals surface area contributed by atoms with Crippen LogP contribution in [0.4, 0.5) is 24.5 Å². The number of piperidine rings is 1. The molecule has 0 spiro atoms. The molecule has 0 bridgehead atoms. The van der Waals surface area contributed by atoms with E-state index >= 15 is 0 Å². The minimum Gasteiger partial charge on any atom is -0.382 e. The van der Waals surface area contributed by atoms with E-state index < -0.39 is 11.7 Å². The van der Waals surface area contributed by atoms with Gasteiger partial charge in [-0.05, 0) is 61.3 Å². The average molecular weight is 492 g/mol. The first-order chi connectivity index (χ1) is 16.4. The van der Waals surface area contributed by atoms with Gasteiger partial charge >= 0.3 is 6.18 Å². The number of fused-ring (bicyclic) bond motifs is 2. The van der Waals surface area contributed by atoms with Crippen molar-refractivity contribution in [3.63, 3.8) is 0 Å². The van der Waals surface area contributed by atoms with Gasteiger partial charge in [0.25, 0.3) is 0 Å². The van der Waals surface area contributed by atoms with Crippen molar-refractivity contribution in [2.45, 2.75) is 41.3 Å². The quantitative estimate of drug-likeness (QED) is 0.502. The summed E-state index contributed by atoms with van der Waals surface area (Å²) in [7, 11) is 0. The van der Waals surface area contributed by atoms with Gasteiger partial charge in [0.2, 0.25) is 0 Å². The predicted octanol–water partition coefficient (Wildman–Crippen LogP) is 4.01. The van der Waals surface area contributed by atoms with Crippen LogP contribution in [0.25, 0.3) is 0 Å². The molecule has 4 N–H and O–H groups in total. The monoisotopic (exact) mass is 491 g/mol. The Kier molecular flexibility index (Phi) is 6.97. The van der Waals surface area contributed by atoms with Crippen molar-refractivity contribution in [1.82, 2.24) is 10.2 Å². The Balaban J connectivity index is 1.40. The van der Waals surface area contributed by atoms with Crippen molar-refractivity contribution in [3.05, 3.63) is 47.0 Å². The largest absolute Gasteiger partial charge is 0.416 e. The molecule has 2 fully saturated rings. The fourth-order valence-electron chi connectivity index (χ4n) is 5.10. The van der Waals surface area contributed by atoms with Crippen LogP contribution >= 0.6 is 11.8 Å². The Morgan fingerprint density at radius 2 is 1.79 bits per heavy atom. The Morgan fingerprint density at radius 1 is 1.03 bits per heavy atom. The zero-order valence-electron chi connectivity index (χ0n) is 19.3. The van der Waals surface area contributed by atoms with Gasteiger partial charge in [0.15, 0.2) is 0 Å². The highest BCUT2D eigenvalue weighted by atomic mass is 32.2. The van der Waals surface area contributed by atoms with Crippen LogP contribution in [0.15, 0.2) is 40.1 Å². The molecule has 3 aliphatic heterocycles. The maximum atomic E-state index is 13.7. The molecule has 34 heavy (non-hydrogen) atoms. The maximum Gasteiger partial charge on any atom is 0.416 e. The zero-order valence-corrected chi connectivity index (χ0v) is 20.1. The van der Waals surface area contributed by atoms with E-state index in [4.69, 9.17) is 5.73 Å². The first-order valence-corrected chi connectivity index (χ1v) is 12.9. The molecule has 3 heterocycles. The summed E-state index contributed by atoms with van der Waals surface area (Å²) < 4.78 is 41.2. The number of nitrogens with zero attached hydrogens (tertiary/aromatic N) is 2. The van der Waals surface area contributed by atoms with Crippen molar-refractivity contribution >= 4 is 23.1 Å². The van der Waals surface area contributed by atoms with Crippen LogP contribution in [0.2, 0.25) is 0 Å². The highest BCUT2D eigenvalue weighted by molar-refractivity contribution is 7.99. The number of alkyl halides is 3. The van der Waals surface area contributed by atoms with Gasteiger partial charge in [-0.1, -0.05) is 17.8 Å². The van der Waals surface area contributed by atoms with E-state index in [1.807, 2.05) is 0 Å². The molecule has 0 amide bonds. The number of benzene rings is 2. The van der Waals surface area contributed by atoms with Crippen LogP contribution in [0.1, 0.15) is 29.5 Å². The Labute approximate surface area is 203 Å². The van der Waals surface area contributed by atoms with Crippen LogP contribution in [0, 0.1) is 0 Å². The molecule has 5 nitrogen and oxygen atoms in total. The van der Waals surface area contributed by atoms with Gasteiger partial charge in [-0.15, -0.1) is 0 Å². The van der Waals surface area contributed by atoms with E-state index in [1.54, 1.807) is 0 Å². The number of rotatable bonds is 5. The second kappa shape index (κ2) is 9.97. The van der Waals surface area contributed by atoms with E-state index in [1.165, 1.54) is 29.5 Å². The second-order valence-corrected chi connectivity index (χ2v) is 10.4. The molecular formula is C25H32F3N5S. The number of hydrogen-bond acceptors (Lipinski definition) is 6. The molecule has 0 aliphatic carbocycles. The van der Waals surface area contributed by atoms with Crippen LogP contribution < -0.4 is 21.3 Å². The number of nitrogens with one attached hydrogen (secondary N) is 2. The molecule has 0 aromatic heterocycles. The number of nitrogens with two attached hydrogens (primary N) is 1. The molecule has 2 aromatic carbocycles. The van der Waals surface area contributed by atoms with Crippen LogP contribution in [0.3, 0.4) is 0 Å². The van der Waals surface area contributed by atoms with E-state index in [0.717, 1.165) is 74.8 Å². The predicted molar refractivity (Wildman–Crippen MR) is 132 cm³/mol. The van der Waals surface area contributed by atoms with Crippen LogP contribution in [-0.4, -0.2) is 63.3 Å². The third kappa shape index (κ3) is 5.17. The standard InChI is InChI=1S/C25H32F3N5S/c26-25(27,28)18-14-22(31-19-3-6-30-7-4-19)21-13-17-1-2-20(16-23(17)34-24(21)15-18)33-11-9-32(8-5-29)10-12-33/h1-2,14-16,19,30-31H,3-13,29H2. The first kappa shape index (κ1) is 23.8. The lowest BCUT2D eigenvalue weighted by atomic mass is 9.98. The molecule has 0 unspecified atom stereocenters. The lowest BCUT2D eigenvalue weighted by molar-refractivity contribution is -0.137. The van der Waals surface area contributed by atoms with Gasteiger partial charge < -0.3 is 21.3 Å². The van der Waals surface area contributed by atoms with Crippen LogP contribution in [0.5, 0.6) is 0 Å². The highest BCUT2D eigenvalue weighted by Gasteiger charge is 2.34. The summed E-state index contributed by atoms with van der Waals surface area (Å²) in [5.41, 5.74) is 9.04. The summed E-state index contributed by atoms with van der Waals surface area (Å²) in [5.74, 6) is 0. The summed E-state index contributed by atoms with van der Waals surface area (Å²) in [4.78, 5) is 6.50. The van der Waals surface area contributed by atoms with E-state index in [9.17, 15) is 13.2 Å². The Morgan fingerprint density at radius 3 is 2.50 bits per heavy atom. The highest BCUT2D eigenvalue weighted by Crippen LogP contribution is 2.46. The first-order valence-electron chi connectivity index (χ1n) is 12.1. The van der Waals surface area contributed by atoms with Gasteiger partial charge in [0.1, 0.15) is 0 Å². The third-order valence-corrected chi connectivity index (χ3v) is 8.24. The minimum atomic E-state index is -4.37. The fraction of sp³-hybridized carbons (Fsp3) is 0.520. The number of piperazine rings is 1. The molecule has 0 atom stereocenters. The SMILES string of the molecule is NCCN1CCN(c2ccc3c(c2)Sc2cc(C(F)(F)F)cc(NC4CCNCC4)c2C3)CC1. The molecule has 5 rings (SSSR count). The number of halogens is 3. The molecule has 3 aliphatic rings. The van der Waals surface area contributed by atoms with Crippen LogP contribution in [-0.2, 0) is 12.6 Å². The van der Waals surface area contributed by atoms with E-state index in [-0.39, 0.29) is 6.04 Å². The normalized spacial score (nSPS) is 19.6.